The minimum atomic E-state index is -3.73. The molecule has 1 N–H and O–H groups in total. The molecule has 0 bridgehead atoms. The molecule has 1 atom stereocenters. The number of rotatable bonds is 4. The van der Waals surface area contributed by atoms with Gasteiger partial charge in [-0.1, -0.05) is 42.0 Å². The van der Waals surface area contributed by atoms with Crippen LogP contribution in [0.1, 0.15) is 22.7 Å². The van der Waals surface area contributed by atoms with E-state index in [4.69, 9.17) is 0 Å². The van der Waals surface area contributed by atoms with Gasteiger partial charge in [0.25, 0.3) is 0 Å². The van der Waals surface area contributed by atoms with E-state index < -0.39 is 16.1 Å². The second-order valence-electron chi connectivity index (χ2n) is 4.85. The first-order valence-electron chi connectivity index (χ1n) is 6.48. The van der Waals surface area contributed by atoms with Crippen molar-refractivity contribution in [1.82, 2.24) is 4.72 Å². The van der Waals surface area contributed by atoms with Crippen molar-refractivity contribution in [2.24, 2.45) is 0 Å². The summed E-state index contributed by atoms with van der Waals surface area (Å²) in [5.41, 5.74) is 2.51. The molecule has 21 heavy (non-hydrogen) atoms. The Morgan fingerprint density at radius 1 is 1.05 bits per heavy atom. The average Bonchev–Trinajstić information content (AvgIpc) is 2.46. The number of hydrogen-bond acceptors (Lipinski definition) is 3. The molecule has 2 rings (SSSR count). The van der Waals surface area contributed by atoms with Gasteiger partial charge in [0.1, 0.15) is 6.04 Å². The van der Waals surface area contributed by atoms with E-state index in [-0.39, 0.29) is 4.90 Å². The summed E-state index contributed by atoms with van der Waals surface area (Å²) in [5, 5.41) is 9.28. The van der Waals surface area contributed by atoms with Gasteiger partial charge in [0.15, 0.2) is 0 Å². The number of benzene rings is 2. The number of aryl methyl sites for hydroxylation is 2. The highest BCUT2D eigenvalue weighted by Gasteiger charge is 2.21. The lowest BCUT2D eigenvalue weighted by atomic mass is 10.0. The van der Waals surface area contributed by atoms with Gasteiger partial charge < -0.3 is 0 Å². The van der Waals surface area contributed by atoms with Crippen molar-refractivity contribution in [3.05, 3.63) is 65.2 Å². The molecule has 0 amide bonds. The highest BCUT2D eigenvalue weighted by Crippen LogP contribution is 2.20. The first kappa shape index (κ1) is 15.2. The maximum absolute atomic E-state index is 12.3. The average molecular weight is 300 g/mol. The van der Waals surface area contributed by atoms with Crippen LogP contribution in [0, 0.1) is 25.2 Å². The van der Waals surface area contributed by atoms with Gasteiger partial charge >= 0.3 is 0 Å². The summed E-state index contributed by atoms with van der Waals surface area (Å²) in [7, 11) is -3.73. The van der Waals surface area contributed by atoms with Gasteiger partial charge in [-0.15, -0.1) is 0 Å². The van der Waals surface area contributed by atoms with Crippen molar-refractivity contribution in [2.45, 2.75) is 24.8 Å². The fourth-order valence-electron chi connectivity index (χ4n) is 2.01. The van der Waals surface area contributed by atoms with E-state index in [1.807, 2.05) is 32.0 Å². The predicted octanol–water partition coefficient (Wildman–Crippen LogP) is 2.85. The minimum Gasteiger partial charge on any atom is -0.207 e. The van der Waals surface area contributed by atoms with E-state index in [0.717, 1.165) is 11.1 Å². The Balaban J connectivity index is 2.33. The first-order chi connectivity index (χ1) is 9.94. The van der Waals surface area contributed by atoms with Crippen LogP contribution in [0.25, 0.3) is 0 Å². The number of hydrogen-bond donors (Lipinski definition) is 1. The summed E-state index contributed by atoms with van der Waals surface area (Å²) in [6.07, 6.45) is 0. The van der Waals surface area contributed by atoms with Crippen molar-refractivity contribution < 1.29 is 8.42 Å². The summed E-state index contributed by atoms with van der Waals surface area (Å²) < 4.78 is 27.1. The predicted molar refractivity (Wildman–Crippen MR) is 81.0 cm³/mol. The van der Waals surface area contributed by atoms with E-state index in [2.05, 4.69) is 4.72 Å². The van der Waals surface area contributed by atoms with E-state index in [0.29, 0.717) is 5.56 Å². The summed E-state index contributed by atoms with van der Waals surface area (Å²) in [4.78, 5) is 0.155. The Morgan fingerprint density at radius 2 is 1.67 bits per heavy atom. The van der Waals surface area contributed by atoms with Gasteiger partial charge in [-0.25, -0.2) is 8.42 Å². The largest absolute Gasteiger partial charge is 0.241 e. The number of sulfonamides is 1. The van der Waals surface area contributed by atoms with Crippen LogP contribution in [0.2, 0.25) is 0 Å². The van der Waals surface area contributed by atoms with Crippen LogP contribution >= 0.6 is 0 Å². The van der Waals surface area contributed by atoms with Crippen LogP contribution in [0.5, 0.6) is 0 Å². The van der Waals surface area contributed by atoms with Crippen LogP contribution in [-0.2, 0) is 10.0 Å². The molecule has 1 unspecified atom stereocenters. The third-order valence-corrected chi connectivity index (χ3v) is 4.67. The van der Waals surface area contributed by atoms with Crippen molar-refractivity contribution >= 4 is 10.0 Å². The van der Waals surface area contributed by atoms with Crippen molar-refractivity contribution in [3.63, 3.8) is 0 Å². The quantitative estimate of drug-likeness (QED) is 0.944. The summed E-state index contributed by atoms with van der Waals surface area (Å²) in [6.45, 7) is 3.73. The molecular formula is C16H16N2O2S. The van der Waals surface area contributed by atoms with Gasteiger partial charge in [-0.3, -0.25) is 0 Å². The maximum atomic E-state index is 12.3. The molecule has 2 aromatic rings. The monoisotopic (exact) mass is 300 g/mol. The third-order valence-electron chi connectivity index (χ3n) is 3.23. The Hall–Kier alpha value is -2.16. The Morgan fingerprint density at radius 3 is 2.24 bits per heavy atom. The number of nitrogens with one attached hydrogen (secondary N) is 1. The van der Waals surface area contributed by atoms with E-state index in [1.165, 1.54) is 12.1 Å². The molecular weight excluding hydrogens is 284 g/mol. The van der Waals surface area contributed by atoms with Gasteiger partial charge in [-0.05, 0) is 37.1 Å². The molecule has 0 saturated heterocycles. The zero-order valence-electron chi connectivity index (χ0n) is 11.9. The highest BCUT2D eigenvalue weighted by molar-refractivity contribution is 7.89. The van der Waals surface area contributed by atoms with E-state index in [9.17, 15) is 13.7 Å². The number of nitriles is 1. The van der Waals surface area contributed by atoms with Crippen molar-refractivity contribution in [3.8, 4) is 6.07 Å². The molecule has 0 aliphatic heterocycles. The van der Waals surface area contributed by atoms with Crippen molar-refractivity contribution in [1.29, 1.82) is 5.26 Å². The molecule has 5 heteroatoms. The normalized spacial score (nSPS) is 12.6. The third kappa shape index (κ3) is 3.48. The lowest BCUT2D eigenvalue weighted by molar-refractivity contribution is 0.575. The highest BCUT2D eigenvalue weighted by atomic mass is 32.2. The molecule has 0 heterocycles. The molecule has 0 spiro atoms. The first-order valence-corrected chi connectivity index (χ1v) is 7.96. The zero-order chi connectivity index (χ0) is 15.5. The minimum absolute atomic E-state index is 0.155. The van der Waals surface area contributed by atoms with Crippen LogP contribution in [0.3, 0.4) is 0 Å². The number of nitrogens with zero attached hydrogens (tertiary/aromatic N) is 1. The zero-order valence-corrected chi connectivity index (χ0v) is 12.7. The molecule has 4 nitrogen and oxygen atoms in total. The van der Waals surface area contributed by atoms with Crippen LogP contribution in [0.4, 0.5) is 0 Å². The smallest absolute Gasteiger partial charge is 0.207 e. The SMILES string of the molecule is Cc1ccc(S(=O)(=O)NC(C#N)c2ccccc2C)cc1. The Labute approximate surface area is 125 Å². The Kier molecular flexibility index (Phi) is 4.41. The topological polar surface area (TPSA) is 70.0 Å². The molecule has 0 fully saturated rings. The standard InChI is InChI=1S/C16H16N2O2S/c1-12-7-9-14(10-8-12)21(19,20)18-16(11-17)15-6-4-3-5-13(15)2/h3-10,16,18H,1-2H3. The molecule has 2 aromatic carbocycles. The lowest BCUT2D eigenvalue weighted by Crippen LogP contribution is -2.28. The van der Waals surface area contributed by atoms with E-state index >= 15 is 0 Å². The lowest BCUT2D eigenvalue weighted by Gasteiger charge is -2.14. The Bertz CT molecular complexity index is 775. The van der Waals surface area contributed by atoms with Crippen molar-refractivity contribution in [2.75, 3.05) is 0 Å². The molecule has 108 valence electrons. The maximum Gasteiger partial charge on any atom is 0.241 e. The van der Waals surface area contributed by atoms with Gasteiger partial charge in [0, 0.05) is 0 Å². The fraction of sp³-hybridized carbons (Fsp3) is 0.188. The molecule has 0 aliphatic rings. The molecule has 0 saturated carbocycles. The molecule has 0 aliphatic carbocycles. The summed E-state index contributed by atoms with van der Waals surface area (Å²) >= 11 is 0. The van der Waals surface area contributed by atoms with Crippen LogP contribution < -0.4 is 4.72 Å². The molecule has 0 radical (unpaired) electrons. The summed E-state index contributed by atoms with van der Waals surface area (Å²) in [6, 6.07) is 14.8. The van der Waals surface area contributed by atoms with Gasteiger partial charge in [0.05, 0.1) is 11.0 Å². The fourth-order valence-corrected chi connectivity index (χ4v) is 3.13. The second-order valence-corrected chi connectivity index (χ2v) is 6.57. The van der Waals surface area contributed by atoms with Gasteiger partial charge in [0.2, 0.25) is 10.0 Å². The van der Waals surface area contributed by atoms with Gasteiger partial charge in [-0.2, -0.15) is 9.98 Å². The van der Waals surface area contributed by atoms with E-state index in [1.54, 1.807) is 24.3 Å². The molecule has 0 aromatic heterocycles. The second kappa shape index (κ2) is 6.08. The van der Waals surface area contributed by atoms with Crippen LogP contribution in [0.15, 0.2) is 53.4 Å². The van der Waals surface area contributed by atoms with Crippen LogP contribution in [-0.4, -0.2) is 8.42 Å². The summed E-state index contributed by atoms with van der Waals surface area (Å²) in [5.74, 6) is 0.